The minimum Gasteiger partial charge on any atom is -0.481 e. The van der Waals surface area contributed by atoms with Crippen molar-refractivity contribution >= 4 is 34.2 Å². The van der Waals surface area contributed by atoms with Crippen molar-refractivity contribution in [1.29, 1.82) is 5.26 Å². The zero-order chi connectivity index (χ0) is 20.6. The highest BCUT2D eigenvalue weighted by Gasteiger charge is 2.74. The average molecular weight is 390 g/mol. The number of hydrogen-bond donors (Lipinski definition) is 1. The van der Waals surface area contributed by atoms with E-state index in [0.717, 1.165) is 0 Å². The minimum atomic E-state index is -1.14. The molecule has 3 aliphatic rings. The smallest absolute Gasteiger partial charge is 0.306 e. The fraction of sp³-hybridized carbons (Fsp3) is 0.364. The van der Waals surface area contributed by atoms with Gasteiger partial charge in [-0.2, -0.15) is 5.26 Å². The van der Waals surface area contributed by atoms with E-state index >= 15 is 0 Å². The second kappa shape index (κ2) is 5.65. The van der Waals surface area contributed by atoms with E-state index < -0.39 is 34.9 Å². The van der Waals surface area contributed by atoms with Gasteiger partial charge in [-0.1, -0.05) is 24.3 Å². The van der Waals surface area contributed by atoms with Gasteiger partial charge in [0.15, 0.2) is 0 Å². The maximum Gasteiger partial charge on any atom is 0.306 e. The van der Waals surface area contributed by atoms with Crippen molar-refractivity contribution in [2.45, 2.75) is 37.4 Å². The van der Waals surface area contributed by atoms with Crippen molar-refractivity contribution in [1.82, 2.24) is 0 Å². The Morgan fingerprint density at radius 2 is 1.86 bits per heavy atom. The number of carbonyl (C=O) groups is 3. The summed E-state index contributed by atoms with van der Waals surface area (Å²) < 4.78 is 6.08. The van der Waals surface area contributed by atoms with Crippen LogP contribution in [-0.4, -0.2) is 34.1 Å². The predicted molar refractivity (Wildman–Crippen MR) is 102 cm³/mol. The van der Waals surface area contributed by atoms with Crippen molar-refractivity contribution in [3.63, 3.8) is 0 Å². The van der Waals surface area contributed by atoms with Gasteiger partial charge in [0.25, 0.3) is 0 Å². The SMILES string of the molecule is C[C@@]12CCC(CC(=O)O)(O1)C1C(=O)N(c3ccc(C#N)c4ccccc34)C(=O)C12. The maximum absolute atomic E-state index is 13.5. The summed E-state index contributed by atoms with van der Waals surface area (Å²) in [7, 11) is 0. The summed E-state index contributed by atoms with van der Waals surface area (Å²) in [6.45, 7) is 1.80. The van der Waals surface area contributed by atoms with Crippen LogP contribution in [0.25, 0.3) is 10.8 Å². The molecule has 5 rings (SSSR count). The Hall–Kier alpha value is -3.24. The van der Waals surface area contributed by atoms with Gasteiger partial charge in [0.1, 0.15) is 0 Å². The van der Waals surface area contributed by atoms with Crippen LogP contribution in [-0.2, 0) is 19.1 Å². The minimum absolute atomic E-state index is 0.301. The third-order valence-electron chi connectivity index (χ3n) is 6.72. The van der Waals surface area contributed by atoms with E-state index in [2.05, 4.69) is 6.07 Å². The lowest BCUT2D eigenvalue weighted by atomic mass is 9.67. The van der Waals surface area contributed by atoms with Crippen molar-refractivity contribution in [3.05, 3.63) is 42.0 Å². The summed E-state index contributed by atoms with van der Waals surface area (Å²) in [5.74, 6) is -3.32. The lowest BCUT2D eigenvalue weighted by Gasteiger charge is -2.29. The molecule has 3 fully saturated rings. The molecule has 4 atom stereocenters. The number of fused-ring (bicyclic) bond motifs is 6. The molecule has 146 valence electrons. The molecule has 3 heterocycles. The quantitative estimate of drug-likeness (QED) is 0.807. The van der Waals surface area contributed by atoms with E-state index in [4.69, 9.17) is 4.74 Å². The largest absolute Gasteiger partial charge is 0.481 e. The maximum atomic E-state index is 13.5. The third kappa shape index (κ3) is 2.18. The van der Waals surface area contributed by atoms with E-state index in [0.29, 0.717) is 34.9 Å². The Bertz CT molecular complexity index is 1150. The molecule has 2 amide bonds. The molecule has 2 bridgehead atoms. The van der Waals surface area contributed by atoms with Crippen LogP contribution >= 0.6 is 0 Å². The fourth-order valence-electron chi connectivity index (χ4n) is 5.58. The molecule has 2 aromatic rings. The van der Waals surface area contributed by atoms with E-state index in [1.807, 2.05) is 0 Å². The molecule has 7 heteroatoms. The number of anilines is 1. The number of carboxylic acids is 1. The molecule has 3 unspecified atom stereocenters. The van der Waals surface area contributed by atoms with E-state index in [1.54, 1.807) is 43.3 Å². The topological polar surface area (TPSA) is 108 Å². The second-order valence-electron chi connectivity index (χ2n) is 8.31. The van der Waals surface area contributed by atoms with Gasteiger partial charge >= 0.3 is 5.97 Å². The molecule has 3 aliphatic heterocycles. The normalized spacial score (nSPS) is 32.6. The van der Waals surface area contributed by atoms with Crippen LogP contribution in [0.4, 0.5) is 5.69 Å². The molecule has 0 aliphatic carbocycles. The van der Waals surface area contributed by atoms with Crippen molar-refractivity contribution < 1.29 is 24.2 Å². The molecule has 7 nitrogen and oxygen atoms in total. The van der Waals surface area contributed by atoms with Crippen LogP contribution < -0.4 is 4.90 Å². The fourth-order valence-corrected chi connectivity index (χ4v) is 5.58. The van der Waals surface area contributed by atoms with E-state index in [9.17, 15) is 24.8 Å². The first-order valence-electron chi connectivity index (χ1n) is 9.53. The lowest BCUT2D eigenvalue weighted by molar-refractivity contribution is -0.147. The number of hydrogen-bond acceptors (Lipinski definition) is 5. The number of amides is 2. The van der Waals surface area contributed by atoms with Gasteiger partial charge in [-0.05, 0) is 31.9 Å². The van der Waals surface area contributed by atoms with Crippen LogP contribution in [0.2, 0.25) is 0 Å². The van der Waals surface area contributed by atoms with Crippen LogP contribution in [0, 0.1) is 23.2 Å². The van der Waals surface area contributed by atoms with Gasteiger partial charge in [-0.15, -0.1) is 0 Å². The Balaban J connectivity index is 1.66. The molecular formula is C22H18N2O5. The van der Waals surface area contributed by atoms with Crippen molar-refractivity contribution in [2.24, 2.45) is 11.8 Å². The molecule has 0 aromatic heterocycles. The number of nitrogens with zero attached hydrogens (tertiary/aromatic N) is 2. The summed E-state index contributed by atoms with van der Waals surface area (Å²) in [5, 5.41) is 20.1. The van der Waals surface area contributed by atoms with E-state index in [1.165, 1.54) is 4.90 Å². The summed E-state index contributed by atoms with van der Waals surface area (Å²) in [6.07, 6.45) is 0.686. The second-order valence-corrected chi connectivity index (χ2v) is 8.31. The zero-order valence-electron chi connectivity index (χ0n) is 15.7. The molecule has 0 radical (unpaired) electrons. The first-order chi connectivity index (χ1) is 13.8. The summed E-state index contributed by atoms with van der Waals surface area (Å²) in [5.41, 5.74) is -1.10. The van der Waals surface area contributed by atoms with Gasteiger partial charge in [0, 0.05) is 10.8 Å². The Morgan fingerprint density at radius 3 is 2.55 bits per heavy atom. The van der Waals surface area contributed by atoms with Gasteiger partial charge in [0.2, 0.25) is 11.8 Å². The number of ether oxygens (including phenoxy) is 1. The van der Waals surface area contributed by atoms with Crippen molar-refractivity contribution in [3.8, 4) is 6.07 Å². The van der Waals surface area contributed by atoms with Gasteiger partial charge < -0.3 is 9.84 Å². The number of benzene rings is 2. The van der Waals surface area contributed by atoms with Crippen LogP contribution in [0.15, 0.2) is 36.4 Å². The van der Waals surface area contributed by atoms with Crippen LogP contribution in [0.5, 0.6) is 0 Å². The first kappa shape index (κ1) is 17.8. The highest BCUT2D eigenvalue weighted by atomic mass is 16.5. The molecule has 0 spiro atoms. The Morgan fingerprint density at radius 1 is 1.17 bits per heavy atom. The summed E-state index contributed by atoms with van der Waals surface area (Å²) >= 11 is 0. The number of carbonyl (C=O) groups excluding carboxylic acids is 2. The molecule has 0 saturated carbocycles. The zero-order valence-corrected chi connectivity index (χ0v) is 15.7. The highest BCUT2D eigenvalue weighted by Crippen LogP contribution is 2.62. The van der Waals surface area contributed by atoms with Crippen LogP contribution in [0.3, 0.4) is 0 Å². The molecule has 1 N–H and O–H groups in total. The number of imide groups is 1. The summed E-state index contributed by atoms with van der Waals surface area (Å²) in [4.78, 5) is 39.6. The molecule has 2 aromatic carbocycles. The summed E-state index contributed by atoms with van der Waals surface area (Å²) in [6, 6.07) is 12.5. The third-order valence-corrected chi connectivity index (χ3v) is 6.72. The number of rotatable bonds is 3. The number of carboxylic acid groups (broad SMARTS) is 1. The molecule has 29 heavy (non-hydrogen) atoms. The van der Waals surface area contributed by atoms with Gasteiger partial charge in [-0.3, -0.25) is 14.4 Å². The molecule has 3 saturated heterocycles. The van der Waals surface area contributed by atoms with E-state index in [-0.39, 0.29) is 12.3 Å². The highest BCUT2D eigenvalue weighted by molar-refractivity contribution is 6.26. The Labute approximate surface area is 166 Å². The van der Waals surface area contributed by atoms with Crippen LogP contribution in [0.1, 0.15) is 31.7 Å². The van der Waals surface area contributed by atoms with Gasteiger partial charge in [-0.25, -0.2) is 4.90 Å². The standard InChI is InChI=1S/C22H18N2O5/c1-21-8-9-22(29-21,10-16(25)26)18-17(21)19(27)24(20(18)28)15-7-6-12(11-23)13-4-2-3-5-14(13)15/h2-7,17-18H,8-10H2,1H3,(H,25,26)/t17?,18?,21-,22?/m0/s1. The lowest BCUT2D eigenvalue weighted by Crippen LogP contribution is -2.43. The predicted octanol–water partition coefficient (Wildman–Crippen LogP) is 2.61. The average Bonchev–Trinajstić information content (AvgIpc) is 3.25. The van der Waals surface area contributed by atoms with Gasteiger partial charge in [0.05, 0.1) is 46.8 Å². The first-order valence-corrected chi connectivity index (χ1v) is 9.53. The number of aliphatic carboxylic acids is 1. The molecular weight excluding hydrogens is 372 g/mol. The van der Waals surface area contributed by atoms with Crippen molar-refractivity contribution in [2.75, 3.05) is 4.90 Å². The Kier molecular flexibility index (Phi) is 3.47. The number of nitriles is 1. The monoisotopic (exact) mass is 390 g/mol.